The van der Waals surface area contributed by atoms with E-state index in [1.165, 1.54) is 47.6 Å². The van der Waals surface area contributed by atoms with Gasteiger partial charge in [0.05, 0.1) is 6.04 Å². The van der Waals surface area contributed by atoms with E-state index in [0.717, 1.165) is 11.4 Å². The number of thiocarbonyl (C=S) groups is 1. The molecule has 0 aliphatic carbocycles. The van der Waals surface area contributed by atoms with Crippen molar-refractivity contribution in [2.75, 3.05) is 23.3 Å². The summed E-state index contributed by atoms with van der Waals surface area (Å²) in [7, 11) is 0. The SMILES string of the molecule is C[C@@H](NC(=S)Nc1ccc(CSc2ccccc2)cc1)c1ccc(N2CCCC2)cc1. The zero-order valence-corrected chi connectivity index (χ0v) is 19.5. The molecule has 31 heavy (non-hydrogen) atoms. The number of nitrogens with one attached hydrogen (secondary N) is 2. The molecule has 0 unspecified atom stereocenters. The van der Waals surface area contributed by atoms with Crippen molar-refractivity contribution in [2.24, 2.45) is 0 Å². The molecule has 0 saturated carbocycles. The van der Waals surface area contributed by atoms with Crippen LogP contribution < -0.4 is 15.5 Å². The summed E-state index contributed by atoms with van der Waals surface area (Å²) in [6.45, 7) is 4.48. The highest BCUT2D eigenvalue weighted by Gasteiger charge is 2.13. The van der Waals surface area contributed by atoms with E-state index in [4.69, 9.17) is 12.2 Å². The zero-order valence-electron chi connectivity index (χ0n) is 17.9. The van der Waals surface area contributed by atoms with Crippen LogP contribution in [-0.4, -0.2) is 18.2 Å². The van der Waals surface area contributed by atoms with Crippen LogP contribution in [0, 0.1) is 0 Å². The second-order valence-corrected chi connectivity index (χ2v) is 9.36. The van der Waals surface area contributed by atoms with Gasteiger partial charge in [0.1, 0.15) is 0 Å². The molecule has 1 fully saturated rings. The first-order valence-electron chi connectivity index (χ1n) is 10.9. The van der Waals surface area contributed by atoms with Gasteiger partial charge in [-0.3, -0.25) is 0 Å². The first kappa shape index (κ1) is 21.7. The first-order valence-corrected chi connectivity index (χ1v) is 12.3. The van der Waals surface area contributed by atoms with Gasteiger partial charge in [-0.15, -0.1) is 11.8 Å². The Kier molecular flexibility index (Phi) is 7.49. The predicted octanol–water partition coefficient (Wildman–Crippen LogP) is 6.63. The third-order valence-electron chi connectivity index (χ3n) is 5.57. The van der Waals surface area contributed by atoms with Gasteiger partial charge < -0.3 is 15.5 Å². The number of anilines is 2. The van der Waals surface area contributed by atoms with Gasteiger partial charge in [-0.1, -0.05) is 42.5 Å². The van der Waals surface area contributed by atoms with Crippen molar-refractivity contribution in [3.63, 3.8) is 0 Å². The van der Waals surface area contributed by atoms with Gasteiger partial charge in [0, 0.05) is 35.1 Å². The van der Waals surface area contributed by atoms with Gasteiger partial charge in [0.25, 0.3) is 0 Å². The van der Waals surface area contributed by atoms with E-state index in [1.807, 2.05) is 17.8 Å². The van der Waals surface area contributed by atoms with E-state index < -0.39 is 0 Å². The molecule has 1 aliphatic rings. The second kappa shape index (κ2) is 10.7. The lowest BCUT2D eigenvalue weighted by Gasteiger charge is -2.20. The van der Waals surface area contributed by atoms with Gasteiger partial charge in [-0.05, 0) is 79.5 Å². The zero-order chi connectivity index (χ0) is 21.5. The molecule has 5 heteroatoms. The van der Waals surface area contributed by atoms with E-state index >= 15 is 0 Å². The topological polar surface area (TPSA) is 27.3 Å². The summed E-state index contributed by atoms with van der Waals surface area (Å²) < 4.78 is 0. The fourth-order valence-corrected chi connectivity index (χ4v) is 4.93. The molecule has 3 aromatic rings. The van der Waals surface area contributed by atoms with E-state index in [9.17, 15) is 0 Å². The average molecular weight is 448 g/mol. The molecule has 0 amide bonds. The minimum Gasteiger partial charge on any atom is -0.372 e. The van der Waals surface area contributed by atoms with Crippen LogP contribution in [0.15, 0.2) is 83.8 Å². The monoisotopic (exact) mass is 447 g/mol. The highest BCUT2D eigenvalue weighted by Crippen LogP contribution is 2.24. The van der Waals surface area contributed by atoms with Crippen LogP contribution in [0.2, 0.25) is 0 Å². The standard InChI is InChI=1S/C26H29N3S2/c1-20(22-11-15-24(16-12-22)29-17-5-6-18-29)27-26(30)28-23-13-9-21(10-14-23)19-31-25-7-3-2-4-8-25/h2-4,7-16,20H,5-6,17-19H2,1H3,(H2,27,28,30)/t20-/m1/s1. The summed E-state index contributed by atoms with van der Waals surface area (Å²) >= 11 is 7.39. The minimum atomic E-state index is 0.147. The molecule has 1 aliphatic heterocycles. The molecule has 3 nitrogen and oxygen atoms in total. The third-order valence-corrected chi connectivity index (χ3v) is 6.88. The fraction of sp³-hybridized carbons (Fsp3) is 0.269. The van der Waals surface area contributed by atoms with Crippen molar-refractivity contribution in [2.45, 2.75) is 36.5 Å². The van der Waals surface area contributed by atoms with Gasteiger partial charge >= 0.3 is 0 Å². The number of nitrogens with zero attached hydrogens (tertiary/aromatic N) is 1. The Morgan fingerprint density at radius 1 is 0.935 bits per heavy atom. The summed E-state index contributed by atoms with van der Waals surface area (Å²) in [5.74, 6) is 0.956. The lowest BCUT2D eigenvalue weighted by molar-refractivity contribution is 0.722. The molecule has 160 valence electrons. The lowest BCUT2D eigenvalue weighted by Crippen LogP contribution is -2.30. The van der Waals surface area contributed by atoms with Crippen LogP contribution in [-0.2, 0) is 5.75 Å². The third kappa shape index (κ3) is 6.25. The smallest absolute Gasteiger partial charge is 0.171 e. The molecular formula is C26H29N3S2. The highest BCUT2D eigenvalue weighted by atomic mass is 32.2. The maximum absolute atomic E-state index is 5.54. The van der Waals surface area contributed by atoms with E-state index in [0.29, 0.717) is 5.11 Å². The number of benzene rings is 3. The maximum atomic E-state index is 5.54. The minimum absolute atomic E-state index is 0.147. The Balaban J connectivity index is 1.26. The normalized spacial score (nSPS) is 14.3. The van der Waals surface area contributed by atoms with Crippen molar-refractivity contribution in [3.8, 4) is 0 Å². The number of rotatable bonds is 7. The fourth-order valence-electron chi connectivity index (χ4n) is 3.76. The van der Waals surface area contributed by atoms with Crippen LogP contribution in [0.25, 0.3) is 0 Å². The molecule has 0 bridgehead atoms. The van der Waals surface area contributed by atoms with Crippen molar-refractivity contribution in [3.05, 3.63) is 90.0 Å². The first-order chi connectivity index (χ1) is 15.2. The summed E-state index contributed by atoms with van der Waals surface area (Å²) in [5.41, 5.74) is 4.85. The van der Waals surface area contributed by atoms with Crippen LogP contribution >= 0.6 is 24.0 Å². The summed E-state index contributed by atoms with van der Waals surface area (Å²) in [6.07, 6.45) is 2.60. The molecule has 0 radical (unpaired) electrons. The molecule has 0 aromatic heterocycles. The second-order valence-electron chi connectivity index (χ2n) is 7.90. The molecule has 0 spiro atoms. The molecule has 4 rings (SSSR count). The van der Waals surface area contributed by atoms with E-state index in [1.54, 1.807) is 0 Å². The quantitative estimate of drug-likeness (QED) is 0.313. The van der Waals surface area contributed by atoms with Gasteiger partial charge in [0.2, 0.25) is 0 Å². The molecule has 2 N–H and O–H groups in total. The summed E-state index contributed by atoms with van der Waals surface area (Å²) in [6, 6.07) is 28.0. The summed E-state index contributed by atoms with van der Waals surface area (Å²) in [4.78, 5) is 3.74. The molecule has 1 atom stereocenters. The van der Waals surface area contributed by atoms with Gasteiger partial charge in [0.15, 0.2) is 5.11 Å². The lowest BCUT2D eigenvalue weighted by atomic mass is 10.1. The largest absolute Gasteiger partial charge is 0.372 e. The Bertz CT molecular complexity index is 966. The number of hydrogen-bond donors (Lipinski definition) is 2. The van der Waals surface area contributed by atoms with E-state index in [2.05, 4.69) is 95.3 Å². The highest BCUT2D eigenvalue weighted by molar-refractivity contribution is 7.98. The molecule has 1 saturated heterocycles. The number of hydrogen-bond acceptors (Lipinski definition) is 3. The van der Waals surface area contributed by atoms with Crippen LogP contribution in [0.4, 0.5) is 11.4 Å². The maximum Gasteiger partial charge on any atom is 0.171 e. The number of thioether (sulfide) groups is 1. The average Bonchev–Trinajstić information content (AvgIpc) is 3.34. The van der Waals surface area contributed by atoms with E-state index in [-0.39, 0.29) is 6.04 Å². The predicted molar refractivity (Wildman–Crippen MR) is 138 cm³/mol. The molecular weight excluding hydrogens is 418 g/mol. The van der Waals surface area contributed by atoms with Gasteiger partial charge in [-0.2, -0.15) is 0 Å². The Morgan fingerprint density at radius 2 is 1.61 bits per heavy atom. The Morgan fingerprint density at radius 3 is 2.29 bits per heavy atom. The van der Waals surface area contributed by atoms with Crippen molar-refractivity contribution >= 4 is 40.5 Å². The Hall–Kier alpha value is -2.50. The van der Waals surface area contributed by atoms with Gasteiger partial charge in [-0.25, -0.2) is 0 Å². The van der Waals surface area contributed by atoms with Crippen molar-refractivity contribution < 1.29 is 0 Å². The molecule has 1 heterocycles. The van der Waals surface area contributed by atoms with Crippen molar-refractivity contribution in [1.82, 2.24) is 5.32 Å². The van der Waals surface area contributed by atoms with Crippen LogP contribution in [0.1, 0.15) is 36.9 Å². The molecule has 3 aromatic carbocycles. The summed E-state index contributed by atoms with van der Waals surface area (Å²) in [5, 5.41) is 7.34. The Labute approximate surface area is 195 Å². The van der Waals surface area contributed by atoms with Crippen molar-refractivity contribution in [1.29, 1.82) is 0 Å². The van der Waals surface area contributed by atoms with Crippen LogP contribution in [0.3, 0.4) is 0 Å². The van der Waals surface area contributed by atoms with Crippen LogP contribution in [0.5, 0.6) is 0 Å².